The van der Waals surface area contributed by atoms with E-state index < -0.39 is 5.97 Å². The highest BCUT2D eigenvalue weighted by Crippen LogP contribution is 2.36. The molecule has 0 aliphatic heterocycles. The molecular weight excluding hydrogens is 352 g/mol. The third kappa shape index (κ3) is 3.07. The van der Waals surface area contributed by atoms with Gasteiger partial charge in [0.1, 0.15) is 0 Å². The zero-order chi connectivity index (χ0) is 19.5. The van der Waals surface area contributed by atoms with E-state index in [1.165, 1.54) is 7.11 Å². The van der Waals surface area contributed by atoms with Gasteiger partial charge in [-0.05, 0) is 17.0 Å². The maximum Gasteiger partial charge on any atom is 0.357 e. The van der Waals surface area contributed by atoms with Crippen molar-refractivity contribution in [3.05, 3.63) is 78.5 Å². The Kier molecular flexibility index (Phi) is 4.72. The van der Waals surface area contributed by atoms with Crippen LogP contribution in [0.25, 0.3) is 33.3 Å². The van der Waals surface area contributed by atoms with Crippen LogP contribution in [0.15, 0.2) is 72.8 Å². The Morgan fingerprint density at radius 2 is 1.50 bits per heavy atom. The molecule has 5 heteroatoms. The highest BCUT2D eigenvalue weighted by atomic mass is 16.5. The summed E-state index contributed by atoms with van der Waals surface area (Å²) in [7, 11) is 2.92. The molecule has 0 amide bonds. The maximum absolute atomic E-state index is 12.6. The summed E-state index contributed by atoms with van der Waals surface area (Å²) in [5, 5.41) is 1.80. The molecule has 4 rings (SSSR count). The number of carbonyl (C=O) groups is 1. The van der Waals surface area contributed by atoms with Gasteiger partial charge in [-0.3, -0.25) is 0 Å². The number of pyridine rings is 2. The molecule has 5 nitrogen and oxygen atoms in total. The summed E-state index contributed by atoms with van der Waals surface area (Å²) in [6.45, 7) is 0. The minimum atomic E-state index is -0.492. The third-order valence-corrected chi connectivity index (χ3v) is 4.53. The molecule has 4 aromatic rings. The lowest BCUT2D eigenvalue weighted by Crippen LogP contribution is -2.09. The van der Waals surface area contributed by atoms with Gasteiger partial charge in [-0.15, -0.1) is 0 Å². The molecule has 0 aliphatic rings. The van der Waals surface area contributed by atoms with Crippen LogP contribution in [-0.4, -0.2) is 30.2 Å². The summed E-state index contributed by atoms with van der Waals surface area (Å²) in [4.78, 5) is 21.8. The summed E-state index contributed by atoms with van der Waals surface area (Å²) in [6.07, 6.45) is 0. The summed E-state index contributed by atoms with van der Waals surface area (Å²) < 4.78 is 10.3. The van der Waals surface area contributed by atoms with Crippen LogP contribution in [0.3, 0.4) is 0 Å². The summed E-state index contributed by atoms with van der Waals surface area (Å²) in [5.74, 6) is -0.0103. The van der Waals surface area contributed by atoms with Crippen LogP contribution >= 0.6 is 0 Å². The standard InChI is InChI=1S/C23H18N2O3/c1-27-19-14-8-13-18(24-19)21-17-12-7-6-11-16(17)20(15-9-4-3-5-10-15)22(25-21)23(26)28-2/h3-14H,1-2H3. The average molecular weight is 370 g/mol. The zero-order valence-electron chi connectivity index (χ0n) is 15.5. The molecule has 0 N–H and O–H groups in total. The number of fused-ring (bicyclic) bond motifs is 1. The summed E-state index contributed by atoms with van der Waals surface area (Å²) in [5.41, 5.74) is 3.13. The van der Waals surface area contributed by atoms with Crippen molar-refractivity contribution in [2.24, 2.45) is 0 Å². The molecule has 0 fully saturated rings. The van der Waals surface area contributed by atoms with Crippen molar-refractivity contribution in [3.8, 4) is 28.4 Å². The van der Waals surface area contributed by atoms with Crippen molar-refractivity contribution in [1.82, 2.24) is 9.97 Å². The van der Waals surface area contributed by atoms with Crippen LogP contribution in [0, 0.1) is 0 Å². The minimum Gasteiger partial charge on any atom is -0.481 e. The van der Waals surface area contributed by atoms with E-state index in [2.05, 4.69) is 4.98 Å². The Morgan fingerprint density at radius 1 is 0.786 bits per heavy atom. The molecule has 0 saturated carbocycles. The van der Waals surface area contributed by atoms with E-state index >= 15 is 0 Å². The molecule has 0 unspecified atom stereocenters. The van der Waals surface area contributed by atoms with Gasteiger partial charge >= 0.3 is 5.97 Å². The van der Waals surface area contributed by atoms with E-state index in [-0.39, 0.29) is 5.69 Å². The SMILES string of the molecule is COC(=O)c1nc(-c2cccc(OC)n2)c2ccccc2c1-c1ccccc1. The smallest absolute Gasteiger partial charge is 0.357 e. The van der Waals surface area contributed by atoms with E-state index in [1.807, 2.05) is 66.7 Å². The molecule has 0 aliphatic carbocycles. The Labute approximate surface area is 162 Å². The van der Waals surface area contributed by atoms with Crippen molar-refractivity contribution >= 4 is 16.7 Å². The lowest BCUT2D eigenvalue weighted by atomic mass is 9.95. The molecule has 2 aromatic carbocycles. The van der Waals surface area contributed by atoms with Crippen molar-refractivity contribution in [3.63, 3.8) is 0 Å². The van der Waals surface area contributed by atoms with Crippen LogP contribution in [0.1, 0.15) is 10.5 Å². The molecule has 2 aromatic heterocycles. The second kappa shape index (κ2) is 7.48. The number of esters is 1. The van der Waals surface area contributed by atoms with Crippen LogP contribution in [-0.2, 0) is 4.74 Å². The van der Waals surface area contributed by atoms with Crippen molar-refractivity contribution in [2.45, 2.75) is 0 Å². The Morgan fingerprint density at radius 3 is 2.21 bits per heavy atom. The van der Waals surface area contributed by atoms with E-state index in [9.17, 15) is 4.79 Å². The van der Waals surface area contributed by atoms with Gasteiger partial charge in [0.25, 0.3) is 0 Å². The van der Waals surface area contributed by atoms with Crippen LogP contribution in [0.5, 0.6) is 5.88 Å². The number of nitrogens with zero attached hydrogens (tertiary/aromatic N) is 2. The fourth-order valence-electron chi connectivity index (χ4n) is 3.26. The number of benzene rings is 2. The minimum absolute atomic E-state index is 0.256. The number of hydrogen-bond acceptors (Lipinski definition) is 5. The topological polar surface area (TPSA) is 61.3 Å². The second-order valence-corrected chi connectivity index (χ2v) is 6.15. The number of aromatic nitrogens is 2. The van der Waals surface area contributed by atoms with Crippen molar-refractivity contribution in [1.29, 1.82) is 0 Å². The molecule has 0 saturated heterocycles. The quantitative estimate of drug-likeness (QED) is 0.485. The first-order valence-corrected chi connectivity index (χ1v) is 8.81. The largest absolute Gasteiger partial charge is 0.481 e. The first kappa shape index (κ1) is 17.7. The normalized spacial score (nSPS) is 10.6. The van der Waals surface area contributed by atoms with Gasteiger partial charge in [-0.1, -0.05) is 60.7 Å². The predicted octanol–water partition coefficient (Wildman–Crippen LogP) is 4.76. The lowest BCUT2D eigenvalue weighted by molar-refractivity contribution is 0.0595. The number of carbonyl (C=O) groups excluding carboxylic acids is 1. The van der Waals surface area contributed by atoms with Crippen molar-refractivity contribution in [2.75, 3.05) is 14.2 Å². The number of hydrogen-bond donors (Lipinski definition) is 0. The Balaban J connectivity index is 2.10. The van der Waals surface area contributed by atoms with Crippen molar-refractivity contribution < 1.29 is 14.3 Å². The third-order valence-electron chi connectivity index (χ3n) is 4.53. The molecule has 2 heterocycles. The molecule has 138 valence electrons. The zero-order valence-corrected chi connectivity index (χ0v) is 15.5. The first-order valence-electron chi connectivity index (χ1n) is 8.81. The number of ether oxygens (including phenoxy) is 2. The van der Waals surface area contributed by atoms with Gasteiger partial charge in [0.15, 0.2) is 5.69 Å². The summed E-state index contributed by atoms with van der Waals surface area (Å²) >= 11 is 0. The van der Waals surface area contributed by atoms with Crippen LogP contribution < -0.4 is 4.74 Å². The monoisotopic (exact) mass is 370 g/mol. The molecule has 28 heavy (non-hydrogen) atoms. The van der Waals surface area contributed by atoms with Gasteiger partial charge in [-0.25, -0.2) is 14.8 Å². The first-order chi connectivity index (χ1) is 13.7. The van der Waals surface area contributed by atoms with Gasteiger partial charge < -0.3 is 9.47 Å². The Hall–Kier alpha value is -3.73. The van der Waals surface area contributed by atoms with Gasteiger partial charge in [0.2, 0.25) is 5.88 Å². The van der Waals surface area contributed by atoms with Gasteiger partial charge in [0.05, 0.1) is 25.6 Å². The maximum atomic E-state index is 12.6. The fraction of sp³-hybridized carbons (Fsp3) is 0.0870. The number of rotatable bonds is 4. The molecular formula is C23H18N2O3. The second-order valence-electron chi connectivity index (χ2n) is 6.15. The fourth-order valence-corrected chi connectivity index (χ4v) is 3.26. The highest BCUT2D eigenvalue weighted by Gasteiger charge is 2.22. The van der Waals surface area contributed by atoms with E-state index in [4.69, 9.17) is 14.5 Å². The van der Waals surface area contributed by atoms with E-state index in [1.54, 1.807) is 13.2 Å². The molecule has 0 bridgehead atoms. The van der Waals surface area contributed by atoms with E-state index in [0.717, 1.165) is 21.9 Å². The van der Waals surface area contributed by atoms with E-state index in [0.29, 0.717) is 17.3 Å². The summed E-state index contributed by atoms with van der Waals surface area (Å²) in [6, 6.07) is 23.0. The lowest BCUT2D eigenvalue weighted by Gasteiger charge is -2.15. The molecule has 0 radical (unpaired) electrons. The van der Waals surface area contributed by atoms with Gasteiger partial charge in [0, 0.05) is 17.0 Å². The van der Waals surface area contributed by atoms with Crippen LogP contribution in [0.4, 0.5) is 0 Å². The molecule has 0 atom stereocenters. The predicted molar refractivity (Wildman–Crippen MR) is 108 cm³/mol. The highest BCUT2D eigenvalue weighted by molar-refractivity contribution is 6.10. The Bertz CT molecular complexity index is 1160. The van der Waals surface area contributed by atoms with Crippen LogP contribution in [0.2, 0.25) is 0 Å². The molecule has 0 spiro atoms. The average Bonchev–Trinajstić information content (AvgIpc) is 2.78. The van der Waals surface area contributed by atoms with Gasteiger partial charge in [-0.2, -0.15) is 0 Å². The number of methoxy groups -OCH3 is 2.